The molecule has 162 valence electrons. The van der Waals surface area contributed by atoms with Crippen molar-refractivity contribution in [3.63, 3.8) is 0 Å². The van der Waals surface area contributed by atoms with Gasteiger partial charge in [0.2, 0.25) is 5.91 Å². The van der Waals surface area contributed by atoms with Gasteiger partial charge in [-0.15, -0.1) is 0 Å². The number of ether oxygens (including phenoxy) is 1. The first-order chi connectivity index (χ1) is 15.2. The Kier molecular flexibility index (Phi) is 12.0. The fourth-order valence-electron chi connectivity index (χ4n) is 3.02. The Hall–Kier alpha value is -1.67. The van der Waals surface area contributed by atoms with Crippen molar-refractivity contribution in [3.8, 4) is 0 Å². The predicted octanol–water partition coefficient (Wildman–Crippen LogP) is 3.16. The molecule has 2 aromatic rings. The summed E-state index contributed by atoms with van der Waals surface area (Å²) in [5.41, 5.74) is 0.972. The summed E-state index contributed by atoms with van der Waals surface area (Å²) >= 11 is 0. The van der Waals surface area contributed by atoms with Crippen LogP contribution in [0.25, 0.3) is 0 Å². The van der Waals surface area contributed by atoms with Gasteiger partial charge in [0.25, 0.3) is 0 Å². The van der Waals surface area contributed by atoms with Crippen molar-refractivity contribution in [1.29, 1.82) is 0 Å². The zero-order valence-corrected chi connectivity index (χ0v) is 19.6. The first-order valence-electron chi connectivity index (χ1n) is 9.88. The maximum atomic E-state index is 12.6. The van der Waals surface area contributed by atoms with Gasteiger partial charge in [-0.25, -0.2) is 0 Å². The Balaban J connectivity index is 0.000000534. The smallest absolute Gasteiger partial charge is 0.468 e. The molecule has 2 aromatic carbocycles. The summed E-state index contributed by atoms with van der Waals surface area (Å²) in [6.45, 7) is -0.144. The number of nitrogens with one attached hydrogen (secondary N) is 1. The van der Waals surface area contributed by atoms with Crippen LogP contribution in [0.4, 0.5) is 0 Å². The van der Waals surface area contributed by atoms with Gasteiger partial charge in [-0.2, -0.15) is 0 Å². The third-order valence-corrected chi connectivity index (χ3v) is 6.98. The molecule has 0 bridgehead atoms. The van der Waals surface area contributed by atoms with Gasteiger partial charge < -0.3 is 10.1 Å². The van der Waals surface area contributed by atoms with Crippen molar-refractivity contribution < 1.29 is 31.4 Å². The van der Waals surface area contributed by atoms with Crippen LogP contribution in [0.3, 0.4) is 0 Å². The molecule has 1 amide bonds. The summed E-state index contributed by atoms with van der Waals surface area (Å²) in [5, 5.41) is 4.97. The van der Waals surface area contributed by atoms with Crippen LogP contribution in [-0.4, -0.2) is 25.5 Å². The van der Waals surface area contributed by atoms with E-state index in [0.29, 0.717) is 5.92 Å². The number of amides is 1. The zero-order valence-electron chi connectivity index (χ0n) is 17.6. The van der Waals surface area contributed by atoms with E-state index in [9.17, 15) is 9.59 Å². The van der Waals surface area contributed by atoms with Crippen molar-refractivity contribution >= 4 is 30.4 Å². The van der Waals surface area contributed by atoms with Gasteiger partial charge in [-0.05, 0) is 69.9 Å². The number of hydrogen-bond donors (Lipinski definition) is 1. The SMILES string of the molecule is COC(=O)CNC(=O)[C]1[CH][CH][CH][C]1P(c1ccccc1)c1ccccc1.[CH]1[CH][CH][CH][CH]1.[Fe+2]. The second-order valence-corrected chi connectivity index (χ2v) is 8.74. The number of rotatable bonds is 6. The molecule has 2 saturated carbocycles. The molecule has 32 heavy (non-hydrogen) atoms. The van der Waals surface area contributed by atoms with Gasteiger partial charge in [0.1, 0.15) is 6.54 Å². The van der Waals surface area contributed by atoms with Crippen LogP contribution in [-0.2, 0) is 31.4 Å². The normalized spacial score (nSPS) is 16.1. The molecule has 1 N–H and O–H groups in total. The largest absolute Gasteiger partial charge is 2.00 e. The van der Waals surface area contributed by atoms with E-state index >= 15 is 0 Å². The maximum absolute atomic E-state index is 12.6. The van der Waals surface area contributed by atoms with Crippen molar-refractivity contribution in [2.24, 2.45) is 0 Å². The molecule has 2 aliphatic carbocycles. The molecule has 10 radical (unpaired) electrons. The summed E-state index contributed by atoms with van der Waals surface area (Å²) in [6.07, 6.45) is 15.7. The van der Waals surface area contributed by atoms with Crippen LogP contribution < -0.4 is 15.9 Å². The summed E-state index contributed by atoms with van der Waals surface area (Å²) in [6, 6.07) is 20.3. The second-order valence-electron chi connectivity index (χ2n) is 6.55. The number of methoxy groups -OCH3 is 1. The van der Waals surface area contributed by atoms with Crippen LogP contribution in [0.2, 0.25) is 0 Å². The molecule has 0 aromatic heterocycles. The molecule has 4 rings (SSSR count). The van der Waals surface area contributed by atoms with Crippen LogP contribution in [0.1, 0.15) is 0 Å². The average Bonchev–Trinajstić information content (AvgIpc) is 3.55. The molecular formula is C26H24FeNO3P+2. The van der Waals surface area contributed by atoms with Crippen LogP contribution >= 0.6 is 7.92 Å². The Labute approximate surface area is 204 Å². The fourth-order valence-corrected chi connectivity index (χ4v) is 5.47. The third-order valence-electron chi connectivity index (χ3n) is 4.48. The fraction of sp³-hybridized carbons (Fsp3) is 0.0769. The number of esters is 1. The Morgan fingerprint density at radius 2 is 1.28 bits per heavy atom. The van der Waals surface area contributed by atoms with E-state index in [2.05, 4.69) is 34.3 Å². The number of hydrogen-bond acceptors (Lipinski definition) is 3. The van der Waals surface area contributed by atoms with Crippen LogP contribution in [0, 0.1) is 62.9 Å². The van der Waals surface area contributed by atoms with Crippen molar-refractivity contribution in [3.05, 3.63) is 124 Å². The molecule has 2 aliphatic rings. The topological polar surface area (TPSA) is 55.4 Å². The number of benzene rings is 2. The Morgan fingerprint density at radius 3 is 1.75 bits per heavy atom. The molecule has 6 heteroatoms. The third kappa shape index (κ3) is 7.73. The monoisotopic (exact) mass is 485 g/mol. The van der Waals surface area contributed by atoms with E-state index in [4.69, 9.17) is 0 Å². The second kappa shape index (κ2) is 14.5. The minimum atomic E-state index is -0.869. The minimum absolute atomic E-state index is 0. The molecule has 0 atom stereocenters. The van der Waals surface area contributed by atoms with E-state index in [0.717, 1.165) is 5.66 Å². The van der Waals surface area contributed by atoms with Crippen molar-refractivity contribution in [1.82, 2.24) is 5.32 Å². The van der Waals surface area contributed by atoms with E-state index in [-0.39, 0.29) is 29.5 Å². The van der Waals surface area contributed by atoms with Crippen molar-refractivity contribution in [2.75, 3.05) is 13.7 Å². The predicted molar refractivity (Wildman–Crippen MR) is 125 cm³/mol. The number of carbonyl (C=O) groups is 2. The number of carbonyl (C=O) groups excluding carboxylic acids is 2. The molecule has 0 unspecified atom stereocenters. The summed E-state index contributed by atoms with van der Waals surface area (Å²) in [7, 11) is 0.429. The molecular weight excluding hydrogens is 461 g/mol. The quantitative estimate of drug-likeness (QED) is 0.389. The summed E-state index contributed by atoms with van der Waals surface area (Å²) in [5.74, 6) is -0.151. The Bertz CT molecular complexity index is 767. The standard InChI is InChI=1S/C21H19NO3P.C5H5.Fe/c1-25-20(23)15-22-21(24)18-13-8-14-19(18)26(16-9-4-2-5-10-16)17-11-6-3-7-12-17;1-2-4-5-3-1;/h2-14H,15H2,1H3,(H,22,24);1-5H;/q;;+2. The molecule has 0 aliphatic heterocycles. The van der Waals surface area contributed by atoms with Gasteiger partial charge >= 0.3 is 23.0 Å². The van der Waals surface area contributed by atoms with E-state index in [1.807, 2.05) is 81.3 Å². The Morgan fingerprint density at radius 1 is 0.781 bits per heavy atom. The average molecular weight is 485 g/mol. The molecule has 2 fully saturated rings. The molecule has 0 heterocycles. The zero-order chi connectivity index (χ0) is 21.9. The first kappa shape index (κ1) is 26.6. The van der Waals surface area contributed by atoms with Crippen molar-refractivity contribution in [2.45, 2.75) is 0 Å². The molecule has 0 saturated heterocycles. The van der Waals surface area contributed by atoms with Gasteiger partial charge in [-0.3, -0.25) is 9.59 Å². The maximum Gasteiger partial charge on any atom is 2.00 e. The van der Waals surface area contributed by atoms with Crippen LogP contribution in [0.15, 0.2) is 60.7 Å². The van der Waals surface area contributed by atoms with Gasteiger partial charge in [-0.1, -0.05) is 60.7 Å². The van der Waals surface area contributed by atoms with Gasteiger partial charge in [0, 0.05) is 5.66 Å². The van der Waals surface area contributed by atoms with Gasteiger partial charge in [0.15, 0.2) is 0 Å². The molecule has 0 spiro atoms. The summed E-state index contributed by atoms with van der Waals surface area (Å²) in [4.78, 5) is 23.9. The van der Waals surface area contributed by atoms with Crippen LogP contribution in [0.5, 0.6) is 0 Å². The van der Waals surface area contributed by atoms with E-state index in [1.165, 1.54) is 17.7 Å². The first-order valence-corrected chi connectivity index (χ1v) is 11.2. The summed E-state index contributed by atoms with van der Waals surface area (Å²) < 4.78 is 4.58. The minimum Gasteiger partial charge on any atom is -0.468 e. The van der Waals surface area contributed by atoms with E-state index < -0.39 is 13.9 Å². The van der Waals surface area contributed by atoms with E-state index in [1.54, 1.807) is 6.42 Å². The van der Waals surface area contributed by atoms with Gasteiger partial charge in [0.05, 0.1) is 13.0 Å². The molecule has 4 nitrogen and oxygen atoms in total.